The van der Waals surface area contributed by atoms with Crippen LogP contribution in [0.15, 0.2) is 44.8 Å². The van der Waals surface area contributed by atoms with Gasteiger partial charge < -0.3 is 0 Å². The predicted molar refractivity (Wildman–Crippen MR) is 72.1 cm³/mol. The minimum absolute atomic E-state index is 0.226. The van der Waals surface area contributed by atoms with Crippen LogP contribution in [0, 0.1) is 0 Å². The molecule has 0 aliphatic heterocycles. The molecule has 0 unspecified atom stereocenters. The quantitative estimate of drug-likeness (QED) is 0.717. The highest BCUT2D eigenvalue weighted by molar-refractivity contribution is 9.10. The van der Waals surface area contributed by atoms with Gasteiger partial charge in [-0.2, -0.15) is 8.42 Å². The van der Waals surface area contributed by atoms with E-state index in [9.17, 15) is 8.42 Å². The number of thiophene rings is 1. The summed E-state index contributed by atoms with van der Waals surface area (Å²) in [7, 11) is -3.62. The van der Waals surface area contributed by atoms with Crippen LogP contribution in [0.5, 0.6) is 0 Å². The van der Waals surface area contributed by atoms with E-state index in [1.54, 1.807) is 35.8 Å². The van der Waals surface area contributed by atoms with E-state index in [0.717, 1.165) is 3.97 Å². The largest absolute Gasteiger partial charge is 0.279 e. The van der Waals surface area contributed by atoms with Gasteiger partial charge in [-0.3, -0.25) is 0 Å². The summed E-state index contributed by atoms with van der Waals surface area (Å²) >= 11 is 4.34. The Balaban J connectivity index is 2.36. The molecule has 0 atom stereocenters. The summed E-state index contributed by atoms with van der Waals surface area (Å²) in [4.78, 5) is 8.12. The predicted octanol–water partition coefficient (Wildman–Crippen LogP) is 2.49. The Labute approximate surface area is 115 Å². The molecule has 0 bridgehead atoms. The van der Waals surface area contributed by atoms with Gasteiger partial charge in [0.1, 0.15) is 9.73 Å². The Bertz CT molecular complexity index is 809. The van der Waals surface area contributed by atoms with E-state index in [4.69, 9.17) is 0 Å². The molecule has 0 aliphatic rings. The molecule has 5 nitrogen and oxygen atoms in total. The van der Waals surface area contributed by atoms with Gasteiger partial charge in [0.15, 0.2) is 10.4 Å². The molecule has 92 valence electrons. The number of hydrogen-bond donors (Lipinski definition) is 0. The van der Waals surface area contributed by atoms with Gasteiger partial charge in [0.2, 0.25) is 0 Å². The number of pyridine rings is 1. The fourth-order valence-electron chi connectivity index (χ4n) is 1.59. The van der Waals surface area contributed by atoms with Crippen LogP contribution in [-0.4, -0.2) is 22.4 Å². The normalized spacial score (nSPS) is 12.1. The molecule has 0 aromatic carbocycles. The molecule has 0 spiro atoms. The van der Waals surface area contributed by atoms with Crippen molar-refractivity contribution in [2.75, 3.05) is 0 Å². The van der Waals surface area contributed by atoms with Gasteiger partial charge in [-0.05, 0) is 39.5 Å². The molecule has 0 N–H and O–H groups in total. The van der Waals surface area contributed by atoms with E-state index in [1.165, 1.54) is 11.3 Å². The van der Waals surface area contributed by atoms with E-state index in [1.807, 2.05) is 0 Å². The average Bonchev–Trinajstić information content (AvgIpc) is 2.94. The summed E-state index contributed by atoms with van der Waals surface area (Å²) in [6, 6.07) is 6.61. The summed E-state index contributed by atoms with van der Waals surface area (Å²) in [6.45, 7) is 0. The van der Waals surface area contributed by atoms with Crippen LogP contribution in [0.25, 0.3) is 11.2 Å². The lowest BCUT2D eigenvalue weighted by Gasteiger charge is -2.04. The Morgan fingerprint density at radius 1 is 1.28 bits per heavy atom. The van der Waals surface area contributed by atoms with Crippen molar-refractivity contribution in [3.05, 3.63) is 40.6 Å². The van der Waals surface area contributed by atoms with E-state index >= 15 is 0 Å². The minimum atomic E-state index is -3.62. The van der Waals surface area contributed by atoms with Gasteiger partial charge in [-0.15, -0.1) is 11.3 Å². The Morgan fingerprint density at radius 2 is 2.11 bits per heavy atom. The first-order valence-corrected chi connectivity index (χ1v) is 8.00. The van der Waals surface area contributed by atoms with E-state index in [0.29, 0.717) is 11.2 Å². The summed E-state index contributed by atoms with van der Waals surface area (Å²) in [5.41, 5.74) is 0.849. The highest BCUT2D eigenvalue weighted by atomic mass is 79.9. The zero-order valence-corrected chi connectivity index (χ0v) is 12.0. The molecule has 0 saturated carbocycles. The smallest absolute Gasteiger partial charge is 0.235 e. The summed E-state index contributed by atoms with van der Waals surface area (Å²) in [5.74, 6) is 0. The van der Waals surface area contributed by atoms with Gasteiger partial charge >= 0.3 is 0 Å². The van der Waals surface area contributed by atoms with Gasteiger partial charge in [-0.1, -0.05) is 6.07 Å². The highest BCUT2D eigenvalue weighted by Gasteiger charge is 2.24. The first kappa shape index (κ1) is 11.8. The molecule has 0 fully saturated rings. The number of nitrogens with zero attached hydrogens (tertiary/aromatic N) is 3. The van der Waals surface area contributed by atoms with E-state index < -0.39 is 10.0 Å². The number of aromatic nitrogens is 3. The molecule has 0 radical (unpaired) electrons. The van der Waals surface area contributed by atoms with Crippen LogP contribution < -0.4 is 0 Å². The fraction of sp³-hybridized carbons (Fsp3) is 0. The monoisotopic (exact) mass is 343 g/mol. The third kappa shape index (κ3) is 1.68. The summed E-state index contributed by atoms with van der Waals surface area (Å²) in [5, 5.41) is 1.72. The third-order valence-corrected chi connectivity index (χ3v) is 6.18. The molecule has 18 heavy (non-hydrogen) atoms. The third-order valence-electron chi connectivity index (χ3n) is 2.34. The zero-order chi connectivity index (χ0) is 12.8. The molecular weight excluding hydrogens is 338 g/mol. The second-order valence-electron chi connectivity index (χ2n) is 3.43. The van der Waals surface area contributed by atoms with Crippen molar-refractivity contribution < 1.29 is 8.42 Å². The van der Waals surface area contributed by atoms with Gasteiger partial charge in [0.25, 0.3) is 10.0 Å². The van der Waals surface area contributed by atoms with Crippen molar-refractivity contribution >= 4 is 48.5 Å². The Morgan fingerprint density at radius 3 is 2.83 bits per heavy atom. The maximum Gasteiger partial charge on any atom is 0.279 e. The molecule has 0 amide bonds. The van der Waals surface area contributed by atoms with Crippen LogP contribution in [0.4, 0.5) is 0 Å². The standard InChI is InChI=1S/C10H6BrN3O2S2/c11-10-13-9-7(3-1-5-12-9)14(10)18(15,16)8-4-2-6-17-8/h1-6H. The molecule has 0 aliphatic carbocycles. The molecule has 3 rings (SSSR count). The molecule has 3 aromatic heterocycles. The molecule has 3 aromatic rings. The fourth-order valence-corrected chi connectivity index (χ4v) is 4.92. The Hall–Kier alpha value is -1.25. The average molecular weight is 344 g/mol. The van der Waals surface area contributed by atoms with Crippen molar-refractivity contribution in [3.63, 3.8) is 0 Å². The van der Waals surface area contributed by atoms with Gasteiger partial charge in [0.05, 0.1) is 0 Å². The molecule has 0 saturated heterocycles. The van der Waals surface area contributed by atoms with E-state index in [2.05, 4.69) is 25.9 Å². The van der Waals surface area contributed by atoms with Crippen LogP contribution in [-0.2, 0) is 10.0 Å². The lowest BCUT2D eigenvalue weighted by molar-refractivity contribution is 0.590. The van der Waals surface area contributed by atoms with Crippen molar-refractivity contribution in [1.29, 1.82) is 0 Å². The highest BCUT2D eigenvalue weighted by Crippen LogP contribution is 2.27. The van der Waals surface area contributed by atoms with Crippen molar-refractivity contribution in [2.24, 2.45) is 0 Å². The number of imidazole rings is 1. The van der Waals surface area contributed by atoms with Gasteiger partial charge in [-0.25, -0.2) is 13.9 Å². The summed E-state index contributed by atoms with van der Waals surface area (Å²) < 4.78 is 26.6. The zero-order valence-electron chi connectivity index (χ0n) is 8.82. The van der Waals surface area contributed by atoms with Crippen molar-refractivity contribution in [2.45, 2.75) is 4.21 Å². The maximum absolute atomic E-state index is 12.5. The van der Waals surface area contributed by atoms with Crippen molar-refractivity contribution in [1.82, 2.24) is 13.9 Å². The SMILES string of the molecule is O=S(=O)(c1cccs1)n1c(Br)nc2ncccc21. The number of fused-ring (bicyclic) bond motifs is 1. The first-order chi connectivity index (χ1) is 8.60. The maximum atomic E-state index is 12.5. The number of halogens is 1. The number of hydrogen-bond acceptors (Lipinski definition) is 5. The lowest BCUT2D eigenvalue weighted by atomic mass is 10.4. The Kier molecular flexibility index (Phi) is 2.72. The second kappa shape index (κ2) is 4.15. The number of rotatable bonds is 2. The topological polar surface area (TPSA) is 64.8 Å². The van der Waals surface area contributed by atoms with Crippen molar-refractivity contribution in [3.8, 4) is 0 Å². The summed E-state index contributed by atoms with van der Waals surface area (Å²) in [6.07, 6.45) is 1.57. The van der Waals surface area contributed by atoms with Crippen LogP contribution >= 0.6 is 27.3 Å². The lowest BCUT2D eigenvalue weighted by Crippen LogP contribution is -2.11. The van der Waals surface area contributed by atoms with E-state index in [-0.39, 0.29) is 8.94 Å². The second-order valence-corrected chi connectivity index (χ2v) is 7.10. The molecular formula is C10H6BrN3O2S2. The minimum Gasteiger partial charge on any atom is -0.235 e. The molecule has 8 heteroatoms. The van der Waals surface area contributed by atoms with Crippen LogP contribution in [0.2, 0.25) is 0 Å². The van der Waals surface area contributed by atoms with Crippen LogP contribution in [0.3, 0.4) is 0 Å². The first-order valence-electron chi connectivity index (χ1n) is 4.89. The van der Waals surface area contributed by atoms with Crippen LogP contribution in [0.1, 0.15) is 0 Å². The molecule has 3 heterocycles. The van der Waals surface area contributed by atoms with Gasteiger partial charge in [0, 0.05) is 6.20 Å².